The normalized spacial score (nSPS) is 15.9. The van der Waals surface area contributed by atoms with Gasteiger partial charge in [-0.2, -0.15) is 0 Å². The molecule has 1 amide bonds. The van der Waals surface area contributed by atoms with Gasteiger partial charge in [-0.05, 0) is 6.07 Å². The van der Waals surface area contributed by atoms with E-state index in [2.05, 4.69) is 10.3 Å². The first-order valence-electron chi connectivity index (χ1n) is 6.23. The minimum Gasteiger partial charge on any atom is -0.336 e. The molecule has 124 valence electrons. The number of carbonyl (C=O) groups is 1. The summed E-state index contributed by atoms with van der Waals surface area (Å²) in [5.41, 5.74) is -0.0773. The first-order valence-corrected chi connectivity index (χ1v) is 9.23. The SMILES string of the molecule is O=C(N[C@@H](SC1=NCCS1)C(Cl)(Cl)Cl)c1cccc([N+](=O)[O-])c1. The fraction of sp³-hybridized carbons (Fsp3) is 0.333. The van der Waals surface area contributed by atoms with Crippen LogP contribution in [0.5, 0.6) is 0 Å². The van der Waals surface area contributed by atoms with Crippen molar-refractivity contribution < 1.29 is 9.72 Å². The maximum absolute atomic E-state index is 12.3. The van der Waals surface area contributed by atoms with Crippen LogP contribution in [0.2, 0.25) is 0 Å². The Morgan fingerprint density at radius 1 is 1.48 bits per heavy atom. The number of nitrogens with zero attached hydrogens (tertiary/aromatic N) is 2. The van der Waals surface area contributed by atoms with E-state index in [1.807, 2.05) is 0 Å². The first-order chi connectivity index (χ1) is 10.8. The van der Waals surface area contributed by atoms with E-state index in [4.69, 9.17) is 34.8 Å². The van der Waals surface area contributed by atoms with Gasteiger partial charge in [0.25, 0.3) is 11.6 Å². The average molecular weight is 415 g/mol. The van der Waals surface area contributed by atoms with E-state index >= 15 is 0 Å². The molecule has 0 spiro atoms. The standard InChI is InChI=1S/C12H10Cl3N3O3S2/c13-12(14,15)10(23-11-16-4-5-22-11)17-9(19)7-2-1-3-8(6-7)18(20)21/h1-3,6,10H,4-5H2,(H,17,19)/t10-/m0/s1. The van der Waals surface area contributed by atoms with Crippen LogP contribution < -0.4 is 5.32 Å². The fourth-order valence-corrected chi connectivity index (χ4v) is 4.21. The number of rotatable bonds is 4. The van der Waals surface area contributed by atoms with Gasteiger partial charge in [0.1, 0.15) is 9.75 Å². The van der Waals surface area contributed by atoms with Crippen molar-refractivity contribution in [1.82, 2.24) is 5.32 Å². The maximum atomic E-state index is 12.3. The number of thioether (sulfide) groups is 2. The predicted molar refractivity (Wildman–Crippen MR) is 97.0 cm³/mol. The Kier molecular flexibility index (Phi) is 6.44. The van der Waals surface area contributed by atoms with Gasteiger partial charge in [-0.1, -0.05) is 64.4 Å². The quantitative estimate of drug-likeness (QED) is 0.350. The molecule has 0 bridgehead atoms. The molecular formula is C12H10Cl3N3O3S2. The number of non-ortho nitro benzene ring substituents is 1. The van der Waals surface area contributed by atoms with Gasteiger partial charge in [0.15, 0.2) is 0 Å². The minimum absolute atomic E-state index is 0.111. The van der Waals surface area contributed by atoms with E-state index in [0.29, 0.717) is 6.54 Å². The molecule has 0 aromatic heterocycles. The molecule has 1 N–H and O–H groups in total. The van der Waals surface area contributed by atoms with Gasteiger partial charge in [0.05, 0.1) is 11.5 Å². The molecule has 6 nitrogen and oxygen atoms in total. The summed E-state index contributed by atoms with van der Waals surface area (Å²) >= 11 is 20.4. The van der Waals surface area contributed by atoms with Gasteiger partial charge in [0, 0.05) is 23.4 Å². The highest BCUT2D eigenvalue weighted by molar-refractivity contribution is 8.39. The molecule has 0 radical (unpaired) electrons. The monoisotopic (exact) mass is 413 g/mol. The lowest BCUT2D eigenvalue weighted by Gasteiger charge is -2.24. The molecule has 0 fully saturated rings. The highest BCUT2D eigenvalue weighted by Crippen LogP contribution is 2.39. The Morgan fingerprint density at radius 3 is 2.78 bits per heavy atom. The van der Waals surface area contributed by atoms with Crippen LogP contribution in [0, 0.1) is 10.1 Å². The van der Waals surface area contributed by atoms with E-state index in [1.165, 1.54) is 30.0 Å². The number of alkyl halides is 3. The lowest BCUT2D eigenvalue weighted by Crippen LogP contribution is -2.41. The molecule has 0 unspecified atom stereocenters. The lowest BCUT2D eigenvalue weighted by atomic mass is 10.2. The third-order valence-corrected chi connectivity index (χ3v) is 6.14. The summed E-state index contributed by atoms with van der Waals surface area (Å²) < 4.78 is -1.03. The Labute approximate surface area is 155 Å². The molecule has 1 aromatic rings. The number of benzene rings is 1. The van der Waals surface area contributed by atoms with Gasteiger partial charge in [0.2, 0.25) is 3.79 Å². The van der Waals surface area contributed by atoms with Crippen molar-refractivity contribution in [2.75, 3.05) is 12.3 Å². The summed E-state index contributed by atoms with van der Waals surface area (Å²) in [6.07, 6.45) is 0. The van der Waals surface area contributed by atoms with Crippen LogP contribution in [0.15, 0.2) is 29.3 Å². The van der Waals surface area contributed by atoms with Gasteiger partial charge in [-0.3, -0.25) is 19.9 Å². The van der Waals surface area contributed by atoms with Crippen molar-refractivity contribution in [3.05, 3.63) is 39.9 Å². The number of nitrogens with one attached hydrogen (secondary N) is 1. The Hall–Kier alpha value is -0.670. The van der Waals surface area contributed by atoms with Crippen LogP contribution in [-0.4, -0.2) is 36.7 Å². The van der Waals surface area contributed by atoms with E-state index in [9.17, 15) is 14.9 Å². The molecule has 2 rings (SSSR count). The largest absolute Gasteiger partial charge is 0.336 e. The number of halogens is 3. The topological polar surface area (TPSA) is 84.6 Å². The lowest BCUT2D eigenvalue weighted by molar-refractivity contribution is -0.384. The second-order valence-electron chi connectivity index (χ2n) is 4.32. The van der Waals surface area contributed by atoms with Gasteiger partial charge in [-0.15, -0.1) is 0 Å². The van der Waals surface area contributed by atoms with Crippen LogP contribution in [0.25, 0.3) is 0 Å². The second-order valence-corrected chi connectivity index (χ2v) is 9.12. The molecule has 23 heavy (non-hydrogen) atoms. The molecule has 1 heterocycles. The molecule has 1 atom stereocenters. The smallest absolute Gasteiger partial charge is 0.270 e. The third-order valence-electron chi connectivity index (χ3n) is 2.66. The fourth-order valence-electron chi connectivity index (χ4n) is 1.63. The zero-order valence-electron chi connectivity index (χ0n) is 11.4. The van der Waals surface area contributed by atoms with Gasteiger partial charge >= 0.3 is 0 Å². The van der Waals surface area contributed by atoms with Crippen molar-refractivity contribution in [2.24, 2.45) is 4.99 Å². The molecule has 11 heteroatoms. The van der Waals surface area contributed by atoms with Crippen LogP contribution in [0.3, 0.4) is 0 Å². The first kappa shape index (κ1) is 18.7. The van der Waals surface area contributed by atoms with E-state index in [1.54, 1.807) is 0 Å². The molecule has 1 aliphatic heterocycles. The Bertz CT molecular complexity index is 652. The zero-order valence-corrected chi connectivity index (χ0v) is 15.3. The number of hydrogen-bond acceptors (Lipinski definition) is 6. The van der Waals surface area contributed by atoms with Crippen molar-refractivity contribution in [1.29, 1.82) is 0 Å². The highest BCUT2D eigenvalue weighted by Gasteiger charge is 2.36. The predicted octanol–water partition coefficient (Wildman–Crippen LogP) is 3.86. The third kappa shape index (κ3) is 5.42. The maximum Gasteiger partial charge on any atom is 0.270 e. The Morgan fingerprint density at radius 2 is 2.22 bits per heavy atom. The van der Waals surface area contributed by atoms with Crippen LogP contribution in [0.1, 0.15) is 10.4 Å². The summed E-state index contributed by atoms with van der Waals surface area (Å²) in [6, 6.07) is 5.32. The number of nitro groups is 1. The van der Waals surface area contributed by atoms with Gasteiger partial charge < -0.3 is 5.32 Å². The molecular weight excluding hydrogens is 405 g/mol. The molecule has 1 aromatic carbocycles. The minimum atomic E-state index is -1.76. The van der Waals surface area contributed by atoms with Crippen molar-refractivity contribution in [3.63, 3.8) is 0 Å². The molecule has 0 saturated carbocycles. The van der Waals surface area contributed by atoms with Crippen molar-refractivity contribution >= 4 is 74.3 Å². The molecule has 1 aliphatic rings. The molecule has 0 aliphatic carbocycles. The Balaban J connectivity index is 2.13. The summed E-state index contributed by atoms with van der Waals surface area (Å²) in [6.45, 7) is 0.679. The summed E-state index contributed by atoms with van der Waals surface area (Å²) in [4.78, 5) is 26.7. The van der Waals surface area contributed by atoms with Crippen LogP contribution in [-0.2, 0) is 0 Å². The second kappa shape index (κ2) is 7.94. The van der Waals surface area contributed by atoms with Crippen LogP contribution >= 0.6 is 58.3 Å². The summed E-state index contributed by atoms with van der Waals surface area (Å²) in [5.74, 6) is 0.273. The van der Waals surface area contributed by atoms with E-state index in [0.717, 1.165) is 28.0 Å². The summed E-state index contributed by atoms with van der Waals surface area (Å²) in [5, 5.41) is 12.5. The van der Waals surface area contributed by atoms with E-state index < -0.39 is 20.0 Å². The summed E-state index contributed by atoms with van der Waals surface area (Å²) in [7, 11) is 0. The number of aliphatic imine (C=N–C) groups is 1. The van der Waals surface area contributed by atoms with Crippen LogP contribution in [0.4, 0.5) is 5.69 Å². The number of hydrogen-bond donors (Lipinski definition) is 1. The van der Waals surface area contributed by atoms with E-state index in [-0.39, 0.29) is 11.3 Å². The number of amides is 1. The van der Waals surface area contributed by atoms with Gasteiger partial charge in [-0.25, -0.2) is 0 Å². The van der Waals surface area contributed by atoms with Crippen molar-refractivity contribution in [2.45, 2.75) is 9.17 Å². The highest BCUT2D eigenvalue weighted by atomic mass is 35.6. The van der Waals surface area contributed by atoms with Crippen molar-refractivity contribution in [3.8, 4) is 0 Å². The average Bonchev–Trinajstić information content (AvgIpc) is 2.98. The number of carbonyl (C=O) groups excluding carboxylic acids is 1. The zero-order chi connectivity index (χ0) is 17.0. The molecule has 0 saturated heterocycles. The number of nitro benzene ring substituents is 1.